The van der Waals surface area contributed by atoms with Crippen LogP contribution in [0.3, 0.4) is 0 Å². The molecule has 1 atom stereocenters. The Hall–Kier alpha value is -2.82. The number of carbonyl (C=O) groups excluding carboxylic acids is 2. The van der Waals surface area contributed by atoms with Crippen molar-refractivity contribution in [1.29, 1.82) is 0 Å². The Kier molecular flexibility index (Phi) is 4.57. The normalized spacial score (nSPS) is 17.5. The van der Waals surface area contributed by atoms with Gasteiger partial charge < -0.3 is 9.47 Å². The minimum Gasteiger partial charge on any atom is -0.462 e. The second kappa shape index (κ2) is 6.96. The summed E-state index contributed by atoms with van der Waals surface area (Å²) in [4.78, 5) is 25.4. The van der Waals surface area contributed by atoms with Gasteiger partial charge in [0.15, 0.2) is 0 Å². The second-order valence-corrected chi connectivity index (χ2v) is 5.28. The van der Waals surface area contributed by atoms with E-state index in [1.807, 2.05) is 60.7 Å². The Balaban J connectivity index is 1.71. The van der Waals surface area contributed by atoms with E-state index in [1.165, 1.54) is 4.90 Å². The molecule has 0 spiro atoms. The zero-order chi connectivity index (χ0) is 16.1. The van der Waals surface area contributed by atoms with E-state index >= 15 is 0 Å². The van der Waals surface area contributed by atoms with Crippen molar-refractivity contribution in [3.05, 3.63) is 71.8 Å². The summed E-state index contributed by atoms with van der Waals surface area (Å²) in [7, 11) is 0. The zero-order valence-corrected chi connectivity index (χ0v) is 12.6. The highest BCUT2D eigenvalue weighted by Crippen LogP contribution is 2.25. The molecule has 1 unspecified atom stereocenters. The van der Waals surface area contributed by atoms with Crippen LogP contribution in [0, 0.1) is 0 Å². The van der Waals surface area contributed by atoms with Gasteiger partial charge in [0.25, 0.3) is 0 Å². The van der Waals surface area contributed by atoms with E-state index in [-0.39, 0.29) is 25.8 Å². The lowest BCUT2D eigenvalue weighted by atomic mass is 10.1. The van der Waals surface area contributed by atoms with Gasteiger partial charge in [0.05, 0.1) is 6.04 Å². The first-order chi connectivity index (χ1) is 11.2. The number of rotatable bonds is 3. The number of hydrogen-bond acceptors (Lipinski definition) is 4. The summed E-state index contributed by atoms with van der Waals surface area (Å²) in [6.07, 6.45) is -0.514. The highest BCUT2D eigenvalue weighted by Gasteiger charge is 2.33. The van der Waals surface area contributed by atoms with Crippen molar-refractivity contribution in [2.45, 2.75) is 12.6 Å². The molecule has 1 aliphatic heterocycles. The molecule has 1 amide bonds. The average Bonchev–Trinajstić information content (AvgIpc) is 2.61. The monoisotopic (exact) mass is 311 g/mol. The summed E-state index contributed by atoms with van der Waals surface area (Å²) < 4.78 is 10.4. The maximum atomic E-state index is 12.4. The molecule has 0 aliphatic carbocycles. The van der Waals surface area contributed by atoms with Gasteiger partial charge in [-0.05, 0) is 11.1 Å². The van der Waals surface area contributed by atoms with Gasteiger partial charge >= 0.3 is 12.1 Å². The third-order valence-electron chi connectivity index (χ3n) is 3.70. The minimum absolute atomic E-state index is 0.104. The Bertz CT molecular complexity index is 672. The molecule has 5 nitrogen and oxygen atoms in total. The Morgan fingerprint density at radius 1 is 1.09 bits per heavy atom. The van der Waals surface area contributed by atoms with Crippen molar-refractivity contribution in [1.82, 2.24) is 4.90 Å². The summed E-state index contributed by atoms with van der Waals surface area (Å²) in [5.74, 6) is -0.422. The Morgan fingerprint density at radius 2 is 1.74 bits per heavy atom. The standard InChI is InChI=1S/C18H17NO4/c20-17-11-19(16(13-22-17)15-9-5-2-6-10-15)18(21)23-12-14-7-3-1-4-8-14/h1-10,16H,11-13H2. The van der Waals surface area contributed by atoms with Crippen LogP contribution in [-0.2, 0) is 20.9 Å². The van der Waals surface area contributed by atoms with Crippen molar-refractivity contribution in [3.8, 4) is 0 Å². The molecule has 1 aliphatic rings. The van der Waals surface area contributed by atoms with Crippen molar-refractivity contribution in [2.75, 3.05) is 13.2 Å². The summed E-state index contributed by atoms with van der Waals surface area (Å²) in [5, 5.41) is 0. The van der Waals surface area contributed by atoms with Crippen LogP contribution < -0.4 is 0 Å². The van der Waals surface area contributed by atoms with Crippen molar-refractivity contribution in [2.24, 2.45) is 0 Å². The third-order valence-corrected chi connectivity index (χ3v) is 3.70. The molecular weight excluding hydrogens is 294 g/mol. The Labute approximate surface area is 134 Å². The molecule has 118 valence electrons. The molecule has 2 aromatic rings. The number of morpholine rings is 1. The molecule has 1 fully saturated rings. The van der Waals surface area contributed by atoms with Crippen LogP contribution in [0.15, 0.2) is 60.7 Å². The highest BCUT2D eigenvalue weighted by molar-refractivity contribution is 5.79. The van der Waals surface area contributed by atoms with E-state index in [0.717, 1.165) is 11.1 Å². The summed E-state index contributed by atoms with van der Waals surface area (Å²) in [5.41, 5.74) is 1.81. The van der Waals surface area contributed by atoms with E-state index in [4.69, 9.17) is 9.47 Å². The number of amides is 1. The molecule has 1 saturated heterocycles. The maximum absolute atomic E-state index is 12.4. The fourth-order valence-electron chi connectivity index (χ4n) is 2.50. The number of cyclic esters (lactones) is 1. The molecular formula is C18H17NO4. The zero-order valence-electron chi connectivity index (χ0n) is 12.6. The van der Waals surface area contributed by atoms with E-state index in [1.54, 1.807) is 0 Å². The molecule has 3 rings (SSSR count). The quantitative estimate of drug-likeness (QED) is 0.818. The molecule has 0 aromatic heterocycles. The van der Waals surface area contributed by atoms with Gasteiger partial charge in [0, 0.05) is 0 Å². The number of hydrogen-bond donors (Lipinski definition) is 0. The van der Waals surface area contributed by atoms with Gasteiger partial charge in [-0.2, -0.15) is 0 Å². The molecule has 0 N–H and O–H groups in total. The molecule has 0 bridgehead atoms. The van der Waals surface area contributed by atoms with Gasteiger partial charge in [0.1, 0.15) is 19.8 Å². The lowest BCUT2D eigenvalue weighted by Crippen LogP contribution is -2.46. The minimum atomic E-state index is -0.514. The van der Waals surface area contributed by atoms with Gasteiger partial charge in [-0.1, -0.05) is 60.7 Å². The first-order valence-electron chi connectivity index (χ1n) is 7.42. The Morgan fingerprint density at radius 3 is 2.43 bits per heavy atom. The fourth-order valence-corrected chi connectivity index (χ4v) is 2.50. The van der Waals surface area contributed by atoms with Crippen LogP contribution >= 0.6 is 0 Å². The predicted molar refractivity (Wildman–Crippen MR) is 83.5 cm³/mol. The van der Waals surface area contributed by atoms with Gasteiger partial charge in [0.2, 0.25) is 0 Å². The average molecular weight is 311 g/mol. The molecule has 2 aromatic carbocycles. The largest absolute Gasteiger partial charge is 0.462 e. The topological polar surface area (TPSA) is 55.8 Å². The molecule has 0 radical (unpaired) electrons. The second-order valence-electron chi connectivity index (χ2n) is 5.28. The van der Waals surface area contributed by atoms with E-state index < -0.39 is 12.1 Å². The lowest BCUT2D eigenvalue weighted by Gasteiger charge is -2.34. The number of carbonyl (C=O) groups is 2. The van der Waals surface area contributed by atoms with Gasteiger partial charge in [-0.25, -0.2) is 4.79 Å². The van der Waals surface area contributed by atoms with Crippen LogP contribution in [0.5, 0.6) is 0 Å². The van der Waals surface area contributed by atoms with Gasteiger partial charge in [-0.3, -0.25) is 9.69 Å². The van der Waals surface area contributed by atoms with Crippen molar-refractivity contribution in [3.63, 3.8) is 0 Å². The third kappa shape index (κ3) is 3.69. The maximum Gasteiger partial charge on any atom is 0.411 e. The first kappa shape index (κ1) is 15.1. The summed E-state index contributed by atoms with van der Waals surface area (Å²) >= 11 is 0. The summed E-state index contributed by atoms with van der Waals surface area (Å²) in [6, 6.07) is 18.6. The number of benzene rings is 2. The van der Waals surface area contributed by atoms with Crippen molar-refractivity contribution >= 4 is 12.1 Å². The molecule has 1 heterocycles. The van der Waals surface area contributed by atoms with Crippen LogP contribution in [-0.4, -0.2) is 30.1 Å². The van der Waals surface area contributed by atoms with E-state index in [9.17, 15) is 9.59 Å². The first-order valence-corrected chi connectivity index (χ1v) is 7.42. The number of ether oxygens (including phenoxy) is 2. The van der Waals surface area contributed by atoms with Crippen LogP contribution in [0.25, 0.3) is 0 Å². The molecule has 5 heteroatoms. The van der Waals surface area contributed by atoms with Crippen LogP contribution in [0.2, 0.25) is 0 Å². The molecule has 23 heavy (non-hydrogen) atoms. The smallest absolute Gasteiger partial charge is 0.411 e. The van der Waals surface area contributed by atoms with Crippen LogP contribution in [0.1, 0.15) is 17.2 Å². The van der Waals surface area contributed by atoms with Gasteiger partial charge in [-0.15, -0.1) is 0 Å². The van der Waals surface area contributed by atoms with Crippen LogP contribution in [0.4, 0.5) is 4.79 Å². The lowest BCUT2D eigenvalue weighted by molar-refractivity contribution is -0.153. The number of esters is 1. The SMILES string of the molecule is O=C1CN(C(=O)OCc2ccccc2)C(c2ccccc2)CO1. The number of nitrogens with zero attached hydrogens (tertiary/aromatic N) is 1. The van der Waals surface area contributed by atoms with E-state index in [0.29, 0.717) is 0 Å². The summed E-state index contributed by atoms with van der Waals surface area (Å²) in [6.45, 7) is 0.212. The molecule has 0 saturated carbocycles. The van der Waals surface area contributed by atoms with E-state index in [2.05, 4.69) is 0 Å². The van der Waals surface area contributed by atoms with Crippen molar-refractivity contribution < 1.29 is 19.1 Å². The highest BCUT2D eigenvalue weighted by atomic mass is 16.6. The predicted octanol–water partition coefficient (Wildman–Crippen LogP) is 2.92. The fraction of sp³-hybridized carbons (Fsp3) is 0.222.